The van der Waals surface area contributed by atoms with Crippen LogP contribution in [-0.2, 0) is 9.53 Å². The summed E-state index contributed by atoms with van der Waals surface area (Å²) in [5.74, 6) is -0.432. The van der Waals surface area contributed by atoms with Gasteiger partial charge in [0.15, 0.2) is 0 Å². The number of aromatic nitrogens is 1. The maximum Gasteiger partial charge on any atom is 0.330 e. The van der Waals surface area contributed by atoms with E-state index in [9.17, 15) is 19.7 Å². The number of esters is 1. The normalized spacial score (nSPS) is 11.2. The fourth-order valence-corrected chi connectivity index (χ4v) is 2.88. The number of hydrogen-bond acceptors (Lipinski definition) is 5. The first-order valence-electron chi connectivity index (χ1n) is 8.74. The van der Waals surface area contributed by atoms with Crippen molar-refractivity contribution in [1.29, 1.82) is 0 Å². The van der Waals surface area contributed by atoms with Crippen LogP contribution in [0.2, 0.25) is 0 Å². The van der Waals surface area contributed by atoms with Crippen LogP contribution in [0.5, 0.6) is 0 Å². The second kappa shape index (κ2) is 8.35. The Balaban J connectivity index is 1.95. The third-order valence-corrected chi connectivity index (χ3v) is 4.47. The molecule has 0 atom stereocenters. The van der Waals surface area contributed by atoms with Gasteiger partial charge in [-0.25, -0.2) is 4.79 Å². The molecule has 0 unspecified atom stereocenters. The Bertz CT molecular complexity index is 1140. The van der Waals surface area contributed by atoms with Crippen LogP contribution in [0.4, 0.5) is 5.69 Å². The molecule has 29 heavy (non-hydrogen) atoms. The summed E-state index contributed by atoms with van der Waals surface area (Å²) < 4.78 is 6.13. The van der Waals surface area contributed by atoms with Crippen LogP contribution in [0, 0.1) is 10.1 Å². The van der Waals surface area contributed by atoms with E-state index in [4.69, 9.17) is 0 Å². The SMILES string of the molecule is COC(=O)C=C(C)c1ccc(-n2cccc(-c3ccc([N+](=O)[O-])cc3)c2=O)cc1. The number of ether oxygens (including phenoxy) is 1. The zero-order valence-electron chi connectivity index (χ0n) is 15.9. The van der Waals surface area contributed by atoms with E-state index < -0.39 is 10.9 Å². The number of allylic oxidation sites excluding steroid dienone is 1. The first-order valence-corrected chi connectivity index (χ1v) is 8.74. The highest BCUT2D eigenvalue weighted by atomic mass is 16.6. The lowest BCUT2D eigenvalue weighted by atomic mass is 10.1. The van der Waals surface area contributed by atoms with E-state index in [2.05, 4.69) is 4.74 Å². The van der Waals surface area contributed by atoms with Crippen molar-refractivity contribution >= 4 is 17.2 Å². The minimum atomic E-state index is -0.481. The molecule has 7 nitrogen and oxygen atoms in total. The average Bonchev–Trinajstić information content (AvgIpc) is 2.74. The fraction of sp³-hybridized carbons (Fsp3) is 0.0909. The van der Waals surface area contributed by atoms with Crippen molar-refractivity contribution in [2.45, 2.75) is 6.92 Å². The molecule has 0 aliphatic heterocycles. The molecule has 0 aliphatic rings. The molecule has 3 rings (SSSR count). The Morgan fingerprint density at radius 3 is 2.31 bits per heavy atom. The van der Waals surface area contributed by atoms with Crippen molar-refractivity contribution in [2.24, 2.45) is 0 Å². The van der Waals surface area contributed by atoms with Gasteiger partial charge in [-0.3, -0.25) is 19.5 Å². The van der Waals surface area contributed by atoms with Crippen LogP contribution >= 0.6 is 0 Å². The molecule has 3 aromatic rings. The second-order valence-electron chi connectivity index (χ2n) is 6.30. The van der Waals surface area contributed by atoms with Gasteiger partial charge in [-0.05, 0) is 60.0 Å². The van der Waals surface area contributed by atoms with Gasteiger partial charge in [-0.15, -0.1) is 0 Å². The van der Waals surface area contributed by atoms with Crippen LogP contribution < -0.4 is 5.56 Å². The van der Waals surface area contributed by atoms with Crippen LogP contribution in [0.3, 0.4) is 0 Å². The summed E-state index contributed by atoms with van der Waals surface area (Å²) in [7, 11) is 1.32. The first-order chi connectivity index (χ1) is 13.9. The molecular formula is C22H18N2O5. The van der Waals surface area contributed by atoms with Gasteiger partial charge in [0.1, 0.15) is 0 Å². The van der Waals surface area contributed by atoms with E-state index in [1.165, 1.54) is 29.9 Å². The molecule has 0 saturated heterocycles. The molecule has 1 heterocycles. The van der Waals surface area contributed by atoms with Crippen LogP contribution in [-0.4, -0.2) is 22.6 Å². The summed E-state index contributed by atoms with van der Waals surface area (Å²) in [6.07, 6.45) is 3.06. The number of hydrogen-bond donors (Lipinski definition) is 0. The van der Waals surface area contributed by atoms with Crippen molar-refractivity contribution in [2.75, 3.05) is 7.11 Å². The monoisotopic (exact) mass is 390 g/mol. The van der Waals surface area contributed by atoms with Gasteiger partial charge in [-0.1, -0.05) is 12.1 Å². The molecular weight excluding hydrogens is 372 g/mol. The summed E-state index contributed by atoms with van der Waals surface area (Å²) in [6.45, 7) is 1.80. The van der Waals surface area contributed by atoms with Crippen molar-refractivity contribution in [3.05, 3.63) is 99.0 Å². The molecule has 0 amide bonds. The lowest BCUT2D eigenvalue weighted by Gasteiger charge is -2.10. The van der Waals surface area contributed by atoms with Gasteiger partial charge in [0.25, 0.3) is 11.2 Å². The minimum absolute atomic E-state index is 0.0315. The molecule has 0 radical (unpaired) electrons. The highest BCUT2D eigenvalue weighted by molar-refractivity contribution is 5.90. The summed E-state index contributed by atoms with van der Waals surface area (Å²) in [4.78, 5) is 34.7. The summed E-state index contributed by atoms with van der Waals surface area (Å²) in [5.41, 5.74) is 3.01. The van der Waals surface area contributed by atoms with Gasteiger partial charge < -0.3 is 4.74 Å². The van der Waals surface area contributed by atoms with Crippen molar-refractivity contribution in [1.82, 2.24) is 4.57 Å². The van der Waals surface area contributed by atoms with Gasteiger partial charge in [-0.2, -0.15) is 0 Å². The highest BCUT2D eigenvalue weighted by Crippen LogP contribution is 2.21. The van der Waals surface area contributed by atoms with Crippen molar-refractivity contribution < 1.29 is 14.5 Å². The van der Waals surface area contributed by atoms with Gasteiger partial charge >= 0.3 is 5.97 Å². The Kier molecular flexibility index (Phi) is 5.69. The van der Waals surface area contributed by atoms with Gasteiger partial charge in [0.05, 0.1) is 12.0 Å². The number of non-ortho nitro benzene ring substituents is 1. The van der Waals surface area contributed by atoms with Crippen LogP contribution in [0.15, 0.2) is 77.7 Å². The number of carbonyl (C=O) groups excluding carboxylic acids is 1. The Labute approximate surface area is 166 Å². The molecule has 7 heteroatoms. The van der Waals surface area contributed by atoms with Crippen molar-refractivity contribution in [3.63, 3.8) is 0 Å². The van der Waals surface area contributed by atoms with Crippen molar-refractivity contribution in [3.8, 4) is 16.8 Å². The lowest BCUT2D eigenvalue weighted by molar-refractivity contribution is -0.384. The third kappa shape index (κ3) is 4.30. The number of rotatable bonds is 5. The zero-order chi connectivity index (χ0) is 21.0. The zero-order valence-corrected chi connectivity index (χ0v) is 15.9. The minimum Gasteiger partial charge on any atom is -0.466 e. The van der Waals surface area contributed by atoms with E-state index in [1.54, 1.807) is 49.5 Å². The number of carbonyl (C=O) groups is 1. The maximum absolute atomic E-state index is 12.9. The Morgan fingerprint density at radius 2 is 1.72 bits per heavy atom. The van der Waals surface area contributed by atoms with Gasteiger partial charge in [0, 0.05) is 35.7 Å². The number of nitrogens with zero attached hydrogens (tertiary/aromatic N) is 2. The predicted octanol–water partition coefficient (Wildman–Crippen LogP) is 3.99. The quantitative estimate of drug-likeness (QED) is 0.284. The standard InChI is InChI=1S/C22H18N2O5/c1-15(14-21(25)29-2)16-5-9-18(10-6-16)23-13-3-4-20(22(23)26)17-7-11-19(12-8-17)24(27)28/h3-14H,1-2H3. The molecule has 0 aliphatic carbocycles. The molecule has 0 saturated carbocycles. The number of benzene rings is 2. The topological polar surface area (TPSA) is 91.4 Å². The molecule has 0 spiro atoms. The third-order valence-electron chi connectivity index (χ3n) is 4.47. The highest BCUT2D eigenvalue weighted by Gasteiger charge is 2.10. The molecule has 2 aromatic carbocycles. The van der Waals surface area contributed by atoms with E-state index in [-0.39, 0.29) is 11.2 Å². The molecule has 146 valence electrons. The smallest absolute Gasteiger partial charge is 0.330 e. The average molecular weight is 390 g/mol. The maximum atomic E-state index is 12.9. The number of nitro groups is 1. The predicted molar refractivity (Wildman–Crippen MR) is 110 cm³/mol. The van der Waals surface area contributed by atoms with E-state index >= 15 is 0 Å². The Hall–Kier alpha value is -4.00. The van der Waals surface area contributed by atoms with E-state index in [1.807, 2.05) is 12.1 Å². The number of pyridine rings is 1. The van der Waals surface area contributed by atoms with Gasteiger partial charge in [0.2, 0.25) is 0 Å². The molecule has 0 fully saturated rings. The molecule has 0 bridgehead atoms. The Morgan fingerprint density at radius 1 is 1.07 bits per heavy atom. The van der Waals surface area contributed by atoms with E-state index in [0.29, 0.717) is 16.8 Å². The molecule has 1 aromatic heterocycles. The van der Waals surface area contributed by atoms with E-state index in [0.717, 1.165) is 11.1 Å². The number of methoxy groups -OCH3 is 1. The van der Waals surface area contributed by atoms with Crippen LogP contribution in [0.1, 0.15) is 12.5 Å². The number of nitro benzene ring substituents is 1. The fourth-order valence-electron chi connectivity index (χ4n) is 2.88. The largest absolute Gasteiger partial charge is 0.466 e. The summed E-state index contributed by atoms with van der Waals surface area (Å²) >= 11 is 0. The second-order valence-corrected chi connectivity index (χ2v) is 6.30. The summed E-state index contributed by atoms with van der Waals surface area (Å²) in [5, 5.41) is 10.8. The lowest BCUT2D eigenvalue weighted by Crippen LogP contribution is -2.19. The molecule has 0 N–H and O–H groups in total. The summed E-state index contributed by atoms with van der Waals surface area (Å²) in [6, 6.07) is 16.5. The van der Waals surface area contributed by atoms with Crippen LogP contribution in [0.25, 0.3) is 22.4 Å². The first kappa shape index (κ1) is 19.8.